The normalized spacial score (nSPS) is 30.4. The van der Waals surface area contributed by atoms with Gasteiger partial charge in [-0.3, -0.25) is 4.90 Å². The molecule has 2 rings (SSSR count). The average molecular weight is 289 g/mol. The summed E-state index contributed by atoms with van der Waals surface area (Å²) in [4.78, 5) is 2.22. The minimum Gasteiger partial charge on any atom is -0.314 e. The molecule has 2 N–H and O–H groups in total. The van der Waals surface area contributed by atoms with E-state index in [4.69, 9.17) is 0 Å². The highest BCUT2D eigenvalue weighted by Crippen LogP contribution is 2.23. The van der Waals surface area contributed by atoms with Gasteiger partial charge in [-0.1, -0.05) is 19.8 Å². The zero-order valence-electron chi connectivity index (χ0n) is 11.9. The fourth-order valence-corrected chi connectivity index (χ4v) is 4.38. The van der Waals surface area contributed by atoms with E-state index in [0.717, 1.165) is 45.4 Å². The SMILES string of the molecule is CC1CCCC(NS(=O)(=O)CCN2CCNCC2)C1. The van der Waals surface area contributed by atoms with Gasteiger partial charge in [0, 0.05) is 38.8 Å². The van der Waals surface area contributed by atoms with Crippen molar-refractivity contribution in [2.24, 2.45) is 5.92 Å². The first-order valence-corrected chi connectivity index (χ1v) is 9.13. The predicted molar refractivity (Wildman–Crippen MR) is 77.7 cm³/mol. The summed E-state index contributed by atoms with van der Waals surface area (Å²) in [5.41, 5.74) is 0. The summed E-state index contributed by atoms with van der Waals surface area (Å²) in [6, 6.07) is 0.164. The number of rotatable bonds is 5. The van der Waals surface area contributed by atoms with Crippen LogP contribution in [0.2, 0.25) is 0 Å². The Morgan fingerprint density at radius 1 is 1.26 bits per heavy atom. The van der Waals surface area contributed by atoms with Gasteiger partial charge in [-0.2, -0.15) is 0 Å². The number of hydrogen-bond donors (Lipinski definition) is 2. The quantitative estimate of drug-likeness (QED) is 0.769. The number of sulfonamides is 1. The lowest BCUT2D eigenvalue weighted by Gasteiger charge is -2.29. The van der Waals surface area contributed by atoms with Gasteiger partial charge in [0.05, 0.1) is 5.75 Å². The number of piperazine rings is 1. The molecule has 2 atom stereocenters. The summed E-state index contributed by atoms with van der Waals surface area (Å²) in [7, 11) is -3.12. The molecule has 2 unspecified atom stereocenters. The summed E-state index contributed by atoms with van der Waals surface area (Å²) >= 11 is 0. The van der Waals surface area contributed by atoms with Crippen LogP contribution in [0.4, 0.5) is 0 Å². The molecule has 1 aliphatic carbocycles. The lowest BCUT2D eigenvalue weighted by Crippen LogP contribution is -2.47. The van der Waals surface area contributed by atoms with Crippen LogP contribution in [-0.4, -0.2) is 57.8 Å². The smallest absolute Gasteiger partial charge is 0.213 e. The van der Waals surface area contributed by atoms with Crippen LogP contribution < -0.4 is 10.0 Å². The molecule has 0 amide bonds. The molecule has 112 valence electrons. The molecule has 6 heteroatoms. The minimum absolute atomic E-state index is 0.164. The number of nitrogens with one attached hydrogen (secondary N) is 2. The van der Waals surface area contributed by atoms with Crippen molar-refractivity contribution < 1.29 is 8.42 Å². The first kappa shape index (κ1) is 15.2. The molecule has 2 fully saturated rings. The van der Waals surface area contributed by atoms with Gasteiger partial charge < -0.3 is 5.32 Å². The van der Waals surface area contributed by atoms with Crippen molar-refractivity contribution in [1.29, 1.82) is 0 Å². The van der Waals surface area contributed by atoms with Crippen molar-refractivity contribution in [1.82, 2.24) is 14.9 Å². The first-order valence-electron chi connectivity index (χ1n) is 7.48. The zero-order valence-corrected chi connectivity index (χ0v) is 12.7. The van der Waals surface area contributed by atoms with E-state index in [-0.39, 0.29) is 11.8 Å². The highest BCUT2D eigenvalue weighted by atomic mass is 32.2. The third-order valence-electron chi connectivity index (χ3n) is 4.17. The van der Waals surface area contributed by atoms with Crippen molar-refractivity contribution in [3.05, 3.63) is 0 Å². The van der Waals surface area contributed by atoms with E-state index in [9.17, 15) is 8.42 Å². The van der Waals surface area contributed by atoms with E-state index < -0.39 is 10.0 Å². The maximum Gasteiger partial charge on any atom is 0.213 e. The predicted octanol–water partition coefficient (Wildman–Crippen LogP) is 0.390. The van der Waals surface area contributed by atoms with E-state index in [1.54, 1.807) is 0 Å². The molecule has 1 saturated carbocycles. The molecule has 0 spiro atoms. The Kier molecular flexibility index (Phi) is 5.62. The summed E-state index contributed by atoms with van der Waals surface area (Å²) in [5, 5.41) is 3.28. The summed E-state index contributed by atoms with van der Waals surface area (Å²) in [6.07, 6.45) is 4.37. The average Bonchev–Trinajstić information content (AvgIpc) is 2.37. The molecule has 0 aromatic carbocycles. The largest absolute Gasteiger partial charge is 0.314 e. The highest BCUT2D eigenvalue weighted by molar-refractivity contribution is 7.89. The van der Waals surface area contributed by atoms with Gasteiger partial charge in [0.25, 0.3) is 0 Å². The van der Waals surface area contributed by atoms with Crippen LogP contribution in [0.3, 0.4) is 0 Å². The summed E-state index contributed by atoms with van der Waals surface area (Å²) in [6.45, 7) is 6.70. The van der Waals surface area contributed by atoms with Crippen molar-refractivity contribution in [2.75, 3.05) is 38.5 Å². The summed E-state index contributed by atoms with van der Waals surface area (Å²) < 4.78 is 27.1. The lowest BCUT2D eigenvalue weighted by molar-refractivity contribution is 0.253. The molecule has 0 aromatic rings. The Labute approximate surface area is 117 Å². The van der Waals surface area contributed by atoms with Gasteiger partial charge in [-0.05, 0) is 18.8 Å². The van der Waals surface area contributed by atoms with Crippen LogP contribution in [0.25, 0.3) is 0 Å². The Balaban J connectivity index is 1.74. The standard InChI is InChI=1S/C13H27N3O2S/c1-12-3-2-4-13(11-12)15-19(17,18)10-9-16-7-5-14-6-8-16/h12-15H,2-11H2,1H3. The third-order valence-corrected chi connectivity index (χ3v) is 5.58. The second-order valence-electron chi connectivity index (χ2n) is 6.00. The Bertz CT molecular complexity index is 366. The highest BCUT2D eigenvalue weighted by Gasteiger charge is 2.24. The monoisotopic (exact) mass is 289 g/mol. The van der Waals surface area contributed by atoms with Crippen molar-refractivity contribution in [3.8, 4) is 0 Å². The maximum atomic E-state index is 12.1. The molecule has 0 bridgehead atoms. The number of hydrogen-bond acceptors (Lipinski definition) is 4. The van der Waals surface area contributed by atoms with Crippen LogP contribution >= 0.6 is 0 Å². The minimum atomic E-state index is -3.12. The van der Waals surface area contributed by atoms with Crippen LogP contribution in [0.15, 0.2) is 0 Å². The van der Waals surface area contributed by atoms with Crippen LogP contribution in [0.5, 0.6) is 0 Å². The van der Waals surface area contributed by atoms with E-state index in [0.29, 0.717) is 12.5 Å². The third kappa shape index (κ3) is 5.38. The van der Waals surface area contributed by atoms with E-state index >= 15 is 0 Å². The van der Waals surface area contributed by atoms with Crippen LogP contribution in [0.1, 0.15) is 32.6 Å². The van der Waals surface area contributed by atoms with Gasteiger partial charge in [-0.25, -0.2) is 13.1 Å². The molecule has 1 aliphatic heterocycles. The second kappa shape index (κ2) is 7.02. The van der Waals surface area contributed by atoms with Crippen molar-refractivity contribution in [2.45, 2.75) is 38.6 Å². The van der Waals surface area contributed by atoms with Gasteiger partial charge in [-0.15, -0.1) is 0 Å². The molecular weight excluding hydrogens is 262 g/mol. The Hall–Kier alpha value is -0.170. The van der Waals surface area contributed by atoms with Gasteiger partial charge in [0.15, 0.2) is 0 Å². The van der Waals surface area contributed by atoms with Gasteiger partial charge in [0.2, 0.25) is 10.0 Å². The van der Waals surface area contributed by atoms with Crippen molar-refractivity contribution >= 4 is 10.0 Å². The molecule has 1 saturated heterocycles. The van der Waals surface area contributed by atoms with Crippen LogP contribution in [0, 0.1) is 5.92 Å². The molecular formula is C13H27N3O2S. The molecule has 0 aromatic heterocycles. The molecule has 5 nitrogen and oxygen atoms in total. The van der Waals surface area contributed by atoms with Crippen LogP contribution in [-0.2, 0) is 10.0 Å². The first-order chi connectivity index (χ1) is 9.05. The topological polar surface area (TPSA) is 61.4 Å². The Morgan fingerprint density at radius 2 is 2.00 bits per heavy atom. The van der Waals surface area contributed by atoms with E-state index in [1.807, 2.05) is 0 Å². The number of nitrogens with zero attached hydrogens (tertiary/aromatic N) is 1. The van der Waals surface area contributed by atoms with Gasteiger partial charge in [0.1, 0.15) is 0 Å². The second-order valence-corrected chi connectivity index (χ2v) is 7.87. The van der Waals surface area contributed by atoms with E-state index in [2.05, 4.69) is 21.9 Å². The molecule has 19 heavy (non-hydrogen) atoms. The fraction of sp³-hybridized carbons (Fsp3) is 1.00. The van der Waals surface area contributed by atoms with Crippen molar-refractivity contribution in [3.63, 3.8) is 0 Å². The zero-order chi connectivity index (χ0) is 13.7. The molecule has 0 radical (unpaired) electrons. The fourth-order valence-electron chi connectivity index (χ4n) is 3.04. The van der Waals surface area contributed by atoms with Gasteiger partial charge >= 0.3 is 0 Å². The Morgan fingerprint density at radius 3 is 2.68 bits per heavy atom. The maximum absolute atomic E-state index is 12.1. The van der Waals surface area contributed by atoms with E-state index in [1.165, 1.54) is 6.42 Å². The summed E-state index contributed by atoms with van der Waals surface area (Å²) in [5.74, 6) is 0.882. The molecule has 1 heterocycles. The lowest BCUT2D eigenvalue weighted by atomic mass is 9.88. The molecule has 2 aliphatic rings.